The van der Waals surface area contributed by atoms with E-state index in [1.165, 1.54) is 12.3 Å². The van der Waals surface area contributed by atoms with Crippen LogP contribution in [0.2, 0.25) is 0 Å². The van der Waals surface area contributed by atoms with Crippen molar-refractivity contribution >= 4 is 17.3 Å². The van der Waals surface area contributed by atoms with Crippen LogP contribution in [0.25, 0.3) is 11.3 Å². The fraction of sp³-hybridized carbons (Fsp3) is 0.0526. The molecule has 0 fully saturated rings. The first-order valence-corrected chi connectivity index (χ1v) is 8.10. The third-order valence-corrected chi connectivity index (χ3v) is 3.73. The second-order valence-corrected chi connectivity index (χ2v) is 5.74. The number of halogens is 3. The molecule has 29 heavy (non-hydrogen) atoms. The Bertz CT molecular complexity index is 1040. The minimum atomic E-state index is -5.08. The molecule has 0 unspecified atom stereocenters. The summed E-state index contributed by atoms with van der Waals surface area (Å²) in [5.41, 5.74) is 0.672. The monoisotopic (exact) mass is 403 g/mol. The minimum absolute atomic E-state index is 0.0663. The Hall–Kier alpha value is -3.95. The van der Waals surface area contributed by atoms with E-state index < -0.39 is 28.6 Å². The quantitative estimate of drug-likeness (QED) is 0.487. The standard InChI is InChI=1S/C19H12F3N3O4/c20-19(21,22)29-17-9-7-14(10-16(17)25(27)28)24-18(26)13-6-8-15(23-11-13)12-4-2-1-3-5-12/h1-11H,(H,24,26). The zero-order valence-electron chi connectivity index (χ0n) is 14.5. The van der Waals surface area contributed by atoms with E-state index in [1.807, 2.05) is 30.3 Å². The second-order valence-electron chi connectivity index (χ2n) is 5.74. The van der Waals surface area contributed by atoms with Crippen molar-refractivity contribution in [1.29, 1.82) is 0 Å². The van der Waals surface area contributed by atoms with Crippen molar-refractivity contribution in [3.05, 3.63) is 82.5 Å². The molecular formula is C19H12F3N3O4. The lowest BCUT2D eigenvalue weighted by Crippen LogP contribution is -2.18. The predicted octanol–water partition coefficient (Wildman–Crippen LogP) is 4.81. The molecule has 0 spiro atoms. The van der Waals surface area contributed by atoms with Gasteiger partial charge in [0, 0.05) is 23.5 Å². The van der Waals surface area contributed by atoms with E-state index in [9.17, 15) is 28.1 Å². The van der Waals surface area contributed by atoms with Crippen molar-refractivity contribution in [2.24, 2.45) is 0 Å². The highest BCUT2D eigenvalue weighted by Gasteiger charge is 2.34. The van der Waals surface area contributed by atoms with Crippen LogP contribution < -0.4 is 10.1 Å². The van der Waals surface area contributed by atoms with Crippen LogP contribution in [0.4, 0.5) is 24.5 Å². The number of carbonyl (C=O) groups is 1. The van der Waals surface area contributed by atoms with Crippen molar-refractivity contribution in [3.63, 3.8) is 0 Å². The molecule has 7 nitrogen and oxygen atoms in total. The second kappa shape index (κ2) is 7.97. The number of amides is 1. The van der Waals surface area contributed by atoms with Gasteiger partial charge >= 0.3 is 12.0 Å². The Balaban J connectivity index is 1.78. The smallest absolute Gasteiger partial charge is 0.398 e. The third-order valence-electron chi connectivity index (χ3n) is 3.73. The van der Waals surface area contributed by atoms with Crippen molar-refractivity contribution in [2.75, 3.05) is 5.32 Å². The summed E-state index contributed by atoms with van der Waals surface area (Å²) in [5.74, 6) is -1.61. The van der Waals surface area contributed by atoms with E-state index in [4.69, 9.17) is 0 Å². The van der Waals surface area contributed by atoms with Gasteiger partial charge in [-0.3, -0.25) is 19.9 Å². The highest BCUT2D eigenvalue weighted by molar-refractivity contribution is 6.04. The third kappa shape index (κ3) is 5.06. The number of carbonyl (C=O) groups excluding carboxylic acids is 1. The maximum atomic E-state index is 12.4. The number of nitrogens with one attached hydrogen (secondary N) is 1. The van der Waals surface area contributed by atoms with E-state index in [2.05, 4.69) is 15.0 Å². The first kappa shape index (κ1) is 19.8. The number of rotatable bonds is 5. The highest BCUT2D eigenvalue weighted by Crippen LogP contribution is 2.34. The number of nitro groups is 1. The molecule has 0 aliphatic heterocycles. The van der Waals surface area contributed by atoms with E-state index in [1.54, 1.807) is 6.07 Å². The summed E-state index contributed by atoms with van der Waals surface area (Å²) in [4.78, 5) is 26.5. The van der Waals surface area contributed by atoms with E-state index >= 15 is 0 Å². The molecule has 0 aliphatic rings. The van der Waals surface area contributed by atoms with Crippen molar-refractivity contribution < 1.29 is 27.6 Å². The Morgan fingerprint density at radius 3 is 2.38 bits per heavy atom. The van der Waals surface area contributed by atoms with Gasteiger partial charge in [-0.25, -0.2) is 0 Å². The van der Waals surface area contributed by atoms with Crippen molar-refractivity contribution in [2.45, 2.75) is 6.36 Å². The van der Waals surface area contributed by atoms with Gasteiger partial charge in [0.2, 0.25) is 5.75 Å². The van der Waals surface area contributed by atoms with Gasteiger partial charge in [-0.05, 0) is 24.3 Å². The van der Waals surface area contributed by atoms with Gasteiger partial charge in [0.1, 0.15) is 0 Å². The van der Waals surface area contributed by atoms with Crippen LogP contribution in [0, 0.1) is 10.1 Å². The topological polar surface area (TPSA) is 94.4 Å². The zero-order chi connectivity index (χ0) is 21.0. The lowest BCUT2D eigenvalue weighted by atomic mass is 10.1. The van der Waals surface area contributed by atoms with E-state index in [-0.39, 0.29) is 11.3 Å². The lowest BCUT2D eigenvalue weighted by Gasteiger charge is -2.11. The Morgan fingerprint density at radius 2 is 1.79 bits per heavy atom. The van der Waals surface area contributed by atoms with Crippen LogP contribution in [0.5, 0.6) is 5.75 Å². The fourth-order valence-electron chi connectivity index (χ4n) is 2.46. The molecule has 0 radical (unpaired) electrons. The van der Waals surface area contributed by atoms with Crippen LogP contribution >= 0.6 is 0 Å². The fourth-order valence-corrected chi connectivity index (χ4v) is 2.46. The first-order valence-electron chi connectivity index (χ1n) is 8.10. The molecule has 0 aliphatic carbocycles. The summed E-state index contributed by atoms with van der Waals surface area (Å²) in [7, 11) is 0. The van der Waals surface area contributed by atoms with Gasteiger partial charge in [-0.15, -0.1) is 13.2 Å². The number of ether oxygens (including phenoxy) is 1. The van der Waals surface area contributed by atoms with E-state index in [0.29, 0.717) is 5.69 Å². The summed E-state index contributed by atoms with van der Waals surface area (Å²) in [6.07, 6.45) is -3.76. The first-order chi connectivity index (χ1) is 13.7. The number of aromatic nitrogens is 1. The lowest BCUT2D eigenvalue weighted by molar-refractivity contribution is -0.388. The Morgan fingerprint density at radius 1 is 1.07 bits per heavy atom. The molecule has 0 saturated heterocycles. The molecule has 3 aromatic rings. The number of nitro benzene ring substituents is 1. The van der Waals surface area contributed by atoms with Gasteiger partial charge in [-0.2, -0.15) is 0 Å². The van der Waals surface area contributed by atoms with Crippen molar-refractivity contribution in [1.82, 2.24) is 4.98 Å². The number of hydrogen-bond acceptors (Lipinski definition) is 5. The Kier molecular flexibility index (Phi) is 5.44. The number of hydrogen-bond donors (Lipinski definition) is 1. The highest BCUT2D eigenvalue weighted by atomic mass is 19.4. The van der Waals surface area contributed by atoms with Crippen LogP contribution in [0.3, 0.4) is 0 Å². The van der Waals surface area contributed by atoms with Gasteiger partial charge in [0.15, 0.2) is 0 Å². The van der Waals surface area contributed by atoms with Gasteiger partial charge in [0.25, 0.3) is 5.91 Å². The molecule has 0 bridgehead atoms. The van der Waals surface area contributed by atoms with Crippen LogP contribution in [0.1, 0.15) is 10.4 Å². The molecule has 0 atom stereocenters. The molecule has 1 aromatic heterocycles. The molecule has 1 heterocycles. The average Bonchev–Trinajstić information content (AvgIpc) is 2.68. The summed E-state index contributed by atoms with van der Waals surface area (Å²) in [6.45, 7) is 0. The molecule has 0 saturated carbocycles. The van der Waals surface area contributed by atoms with Crippen molar-refractivity contribution in [3.8, 4) is 17.0 Å². The Labute approximate surface area is 161 Å². The summed E-state index contributed by atoms with van der Waals surface area (Å²) >= 11 is 0. The number of benzene rings is 2. The maximum absolute atomic E-state index is 12.4. The van der Waals surface area contributed by atoms with Gasteiger partial charge < -0.3 is 10.1 Å². The maximum Gasteiger partial charge on any atom is 0.573 e. The average molecular weight is 403 g/mol. The molecule has 148 valence electrons. The number of anilines is 1. The number of alkyl halides is 3. The normalized spacial score (nSPS) is 11.0. The van der Waals surface area contributed by atoms with Crippen LogP contribution in [-0.4, -0.2) is 22.2 Å². The summed E-state index contributed by atoms with van der Waals surface area (Å²) < 4.78 is 40.7. The summed E-state index contributed by atoms with van der Waals surface area (Å²) in [5, 5.41) is 13.4. The van der Waals surface area contributed by atoms with E-state index in [0.717, 1.165) is 23.8 Å². The SMILES string of the molecule is O=C(Nc1ccc(OC(F)(F)F)c([N+](=O)[O-])c1)c1ccc(-c2ccccc2)nc1. The molecule has 3 rings (SSSR count). The zero-order valence-corrected chi connectivity index (χ0v) is 14.5. The van der Waals surface area contributed by atoms with Gasteiger partial charge in [0.05, 0.1) is 16.2 Å². The van der Waals surface area contributed by atoms with Gasteiger partial charge in [-0.1, -0.05) is 30.3 Å². The predicted molar refractivity (Wildman–Crippen MR) is 97.4 cm³/mol. The molecule has 1 N–H and O–H groups in total. The largest absolute Gasteiger partial charge is 0.573 e. The molecule has 1 amide bonds. The summed E-state index contributed by atoms with van der Waals surface area (Å²) in [6, 6.07) is 15.0. The van der Waals surface area contributed by atoms with Crippen LogP contribution in [0.15, 0.2) is 66.9 Å². The minimum Gasteiger partial charge on any atom is -0.398 e. The van der Waals surface area contributed by atoms with Crippen LogP contribution in [-0.2, 0) is 0 Å². The molecule has 2 aromatic carbocycles. The number of pyridine rings is 1. The molecular weight excluding hydrogens is 391 g/mol. The molecule has 10 heteroatoms. The number of nitrogens with zero attached hydrogens (tertiary/aromatic N) is 2.